The first kappa shape index (κ1) is 11.0. The fourth-order valence-electron chi connectivity index (χ4n) is 2.55. The van der Waals surface area contributed by atoms with E-state index in [0.717, 1.165) is 30.0 Å². The predicted molar refractivity (Wildman–Crippen MR) is 71.6 cm³/mol. The van der Waals surface area contributed by atoms with E-state index in [-0.39, 0.29) is 5.91 Å². The molecule has 7 nitrogen and oxygen atoms in total. The number of H-pyrrole nitrogens is 1. The summed E-state index contributed by atoms with van der Waals surface area (Å²) < 4.78 is 2.06. The molecule has 3 aromatic heterocycles. The molecule has 100 valence electrons. The Morgan fingerprint density at radius 2 is 2.30 bits per heavy atom. The summed E-state index contributed by atoms with van der Waals surface area (Å²) in [5.41, 5.74) is 5.22. The number of hydrogen-bond acceptors (Lipinski definition) is 3. The zero-order chi connectivity index (χ0) is 13.5. The van der Waals surface area contributed by atoms with Crippen molar-refractivity contribution >= 4 is 5.91 Å². The van der Waals surface area contributed by atoms with Gasteiger partial charge in [0.05, 0.1) is 17.3 Å². The molecule has 0 fully saturated rings. The number of aromatic amines is 1. The smallest absolute Gasteiger partial charge is 0.273 e. The molecule has 20 heavy (non-hydrogen) atoms. The molecule has 1 aliphatic heterocycles. The number of aryl methyl sites for hydroxylation is 2. The highest BCUT2D eigenvalue weighted by atomic mass is 16.2. The van der Waals surface area contributed by atoms with Crippen molar-refractivity contribution in [2.75, 3.05) is 5.43 Å². The third-order valence-corrected chi connectivity index (χ3v) is 3.47. The maximum atomic E-state index is 12.3. The topological polar surface area (TPSA) is 80.5 Å². The average molecular weight is 268 g/mol. The van der Waals surface area contributed by atoms with Crippen LogP contribution in [0, 0.1) is 0 Å². The number of fused-ring (bicyclic) bond motifs is 3. The monoisotopic (exact) mass is 268 g/mol. The Balaban J connectivity index is 1.75. The molecular weight excluding hydrogens is 256 g/mol. The van der Waals surface area contributed by atoms with E-state index in [1.807, 2.05) is 6.20 Å². The lowest BCUT2D eigenvalue weighted by Crippen LogP contribution is -2.24. The van der Waals surface area contributed by atoms with Crippen LogP contribution < -0.4 is 5.43 Å². The van der Waals surface area contributed by atoms with Crippen molar-refractivity contribution < 1.29 is 4.79 Å². The van der Waals surface area contributed by atoms with Crippen molar-refractivity contribution in [3.8, 4) is 11.4 Å². The molecule has 0 bridgehead atoms. The van der Waals surface area contributed by atoms with Gasteiger partial charge in [-0.3, -0.25) is 4.79 Å². The van der Waals surface area contributed by atoms with Crippen molar-refractivity contribution in [3.63, 3.8) is 0 Å². The summed E-state index contributed by atoms with van der Waals surface area (Å²) >= 11 is 0. The maximum absolute atomic E-state index is 12.3. The molecule has 0 saturated carbocycles. The Hall–Kier alpha value is -2.83. The lowest BCUT2D eigenvalue weighted by molar-refractivity contribution is 0.101. The lowest BCUT2D eigenvalue weighted by Gasteiger charge is -2.15. The predicted octanol–water partition coefficient (Wildman–Crippen LogP) is 1.01. The summed E-state index contributed by atoms with van der Waals surface area (Å²) in [4.78, 5) is 21.3. The largest absolute Gasteiger partial charge is 0.364 e. The van der Waals surface area contributed by atoms with E-state index in [1.54, 1.807) is 30.9 Å². The van der Waals surface area contributed by atoms with Crippen molar-refractivity contribution in [3.05, 3.63) is 48.3 Å². The molecule has 7 heteroatoms. The van der Waals surface area contributed by atoms with Gasteiger partial charge in [-0.1, -0.05) is 0 Å². The van der Waals surface area contributed by atoms with Crippen LogP contribution in [0.25, 0.3) is 11.4 Å². The number of amides is 1. The van der Waals surface area contributed by atoms with E-state index in [9.17, 15) is 4.79 Å². The molecule has 0 unspecified atom stereocenters. The van der Waals surface area contributed by atoms with Crippen molar-refractivity contribution in [1.29, 1.82) is 0 Å². The number of carbonyl (C=O) groups excluding carboxylic acids is 1. The zero-order valence-corrected chi connectivity index (χ0v) is 10.6. The molecule has 0 atom stereocenters. The number of aromatic nitrogens is 5. The average Bonchev–Trinajstić information content (AvgIpc) is 3.17. The van der Waals surface area contributed by atoms with Crippen molar-refractivity contribution in [2.45, 2.75) is 13.0 Å². The number of nitrogens with zero attached hydrogens (tertiary/aromatic N) is 4. The van der Waals surface area contributed by atoms with Gasteiger partial charge in [0, 0.05) is 43.4 Å². The molecule has 0 aromatic carbocycles. The molecule has 1 amide bonds. The minimum atomic E-state index is -0.206. The van der Waals surface area contributed by atoms with Crippen molar-refractivity contribution in [2.24, 2.45) is 0 Å². The quantitative estimate of drug-likeness (QED) is 0.728. The number of imidazole rings is 1. The highest BCUT2D eigenvalue weighted by Crippen LogP contribution is 2.30. The molecule has 0 radical (unpaired) electrons. The van der Waals surface area contributed by atoms with Crippen LogP contribution in [-0.2, 0) is 13.0 Å². The fourth-order valence-corrected chi connectivity index (χ4v) is 2.55. The van der Waals surface area contributed by atoms with E-state index in [4.69, 9.17) is 0 Å². The van der Waals surface area contributed by atoms with Gasteiger partial charge in [-0.25, -0.2) is 10.4 Å². The van der Waals surface area contributed by atoms with Crippen LogP contribution in [0.4, 0.5) is 0 Å². The van der Waals surface area contributed by atoms with Crippen LogP contribution in [0.1, 0.15) is 16.1 Å². The van der Waals surface area contributed by atoms with Crippen LogP contribution in [0.15, 0.2) is 37.1 Å². The Labute approximate surface area is 114 Å². The minimum absolute atomic E-state index is 0.206. The number of carbonyl (C=O) groups is 1. The van der Waals surface area contributed by atoms with E-state index in [0.29, 0.717) is 5.56 Å². The Kier molecular flexibility index (Phi) is 2.26. The summed E-state index contributed by atoms with van der Waals surface area (Å²) in [5.74, 6) is 0.626. The second-order valence-corrected chi connectivity index (χ2v) is 4.64. The minimum Gasteiger partial charge on any atom is -0.364 e. The number of rotatable bonds is 2. The molecular formula is C13H12N6O. The molecule has 0 saturated heterocycles. The summed E-state index contributed by atoms with van der Waals surface area (Å²) in [6.45, 7) is 0.878. The highest BCUT2D eigenvalue weighted by molar-refractivity contribution is 6.05. The van der Waals surface area contributed by atoms with Gasteiger partial charge < -0.3 is 9.55 Å². The van der Waals surface area contributed by atoms with Gasteiger partial charge in [0.1, 0.15) is 5.82 Å². The molecule has 2 N–H and O–H groups in total. The van der Waals surface area contributed by atoms with Crippen LogP contribution in [0.2, 0.25) is 0 Å². The SMILES string of the molecule is O=C(Nn1cccn1)c1c[nH]c2c1-c1nccn1CC2. The van der Waals surface area contributed by atoms with Gasteiger partial charge in [0.25, 0.3) is 5.91 Å². The molecule has 0 aliphatic carbocycles. The molecule has 0 spiro atoms. The first-order valence-corrected chi connectivity index (χ1v) is 6.35. The van der Waals surface area contributed by atoms with E-state index in [2.05, 4.69) is 25.1 Å². The molecule has 4 rings (SSSR count). The zero-order valence-electron chi connectivity index (χ0n) is 10.6. The standard InChI is InChI=1S/C13H12N6O/c20-13(17-19-5-1-3-16-19)9-8-15-10-2-6-18-7-4-14-12(18)11(9)10/h1,3-5,7-8,15H,2,6H2,(H,17,20). The summed E-state index contributed by atoms with van der Waals surface area (Å²) in [6, 6.07) is 1.75. The van der Waals surface area contributed by atoms with Crippen LogP contribution in [-0.4, -0.2) is 30.3 Å². The second kappa shape index (κ2) is 4.09. The van der Waals surface area contributed by atoms with Gasteiger partial charge in [-0.05, 0) is 6.07 Å². The third kappa shape index (κ3) is 1.56. The summed E-state index contributed by atoms with van der Waals surface area (Å²) in [7, 11) is 0. The second-order valence-electron chi connectivity index (χ2n) is 4.64. The Morgan fingerprint density at radius 3 is 3.15 bits per heavy atom. The molecule has 1 aliphatic rings. The van der Waals surface area contributed by atoms with E-state index in [1.165, 1.54) is 4.79 Å². The van der Waals surface area contributed by atoms with Gasteiger partial charge >= 0.3 is 0 Å². The first-order valence-electron chi connectivity index (χ1n) is 6.35. The molecule has 3 aromatic rings. The maximum Gasteiger partial charge on any atom is 0.273 e. The lowest BCUT2D eigenvalue weighted by atomic mass is 10.0. The van der Waals surface area contributed by atoms with Gasteiger partial charge in [-0.2, -0.15) is 9.89 Å². The van der Waals surface area contributed by atoms with Gasteiger partial charge in [0.2, 0.25) is 0 Å². The van der Waals surface area contributed by atoms with E-state index >= 15 is 0 Å². The number of nitrogens with one attached hydrogen (secondary N) is 2. The van der Waals surface area contributed by atoms with Gasteiger partial charge in [-0.15, -0.1) is 0 Å². The number of hydrogen-bond donors (Lipinski definition) is 2. The van der Waals surface area contributed by atoms with Gasteiger partial charge in [0.15, 0.2) is 0 Å². The fraction of sp³-hybridized carbons (Fsp3) is 0.154. The van der Waals surface area contributed by atoms with Crippen LogP contribution in [0.3, 0.4) is 0 Å². The summed E-state index contributed by atoms with van der Waals surface area (Å²) in [5, 5.41) is 3.97. The normalized spacial score (nSPS) is 12.8. The Morgan fingerprint density at radius 1 is 1.35 bits per heavy atom. The van der Waals surface area contributed by atoms with Crippen LogP contribution >= 0.6 is 0 Å². The summed E-state index contributed by atoms with van der Waals surface area (Å²) in [6.07, 6.45) is 9.58. The van der Waals surface area contributed by atoms with E-state index < -0.39 is 0 Å². The van der Waals surface area contributed by atoms with Crippen LogP contribution in [0.5, 0.6) is 0 Å². The Bertz CT molecular complexity index is 767. The first-order chi connectivity index (χ1) is 9.83. The highest BCUT2D eigenvalue weighted by Gasteiger charge is 2.25. The molecule has 4 heterocycles. The van der Waals surface area contributed by atoms with Crippen molar-refractivity contribution in [1.82, 2.24) is 24.4 Å². The third-order valence-electron chi connectivity index (χ3n) is 3.47.